The summed E-state index contributed by atoms with van der Waals surface area (Å²) in [5.41, 5.74) is 0.958. The quantitative estimate of drug-likeness (QED) is 0.795. The molecule has 1 aromatic heterocycles. The van der Waals surface area contributed by atoms with Crippen LogP contribution in [0.2, 0.25) is 0 Å². The van der Waals surface area contributed by atoms with Crippen LogP contribution in [0, 0.1) is 0 Å². The highest BCUT2D eigenvalue weighted by molar-refractivity contribution is 9.10. The average molecular weight is 383 g/mol. The Balaban J connectivity index is 2.05. The molecule has 0 saturated heterocycles. The molecule has 0 bridgehead atoms. The van der Waals surface area contributed by atoms with Gasteiger partial charge in [0.15, 0.2) is 10.8 Å². The summed E-state index contributed by atoms with van der Waals surface area (Å²) in [6, 6.07) is 7.29. The zero-order valence-electron chi connectivity index (χ0n) is 12.1. The number of amides is 1. The molecule has 0 aliphatic carbocycles. The van der Waals surface area contributed by atoms with Gasteiger partial charge in [0.05, 0.1) is 17.3 Å². The minimum atomic E-state index is -0.383. The van der Waals surface area contributed by atoms with E-state index < -0.39 is 0 Å². The molecule has 2 aromatic rings. The molecule has 8 heteroatoms. The van der Waals surface area contributed by atoms with Gasteiger partial charge in [-0.2, -0.15) is 5.10 Å². The first-order valence-electron chi connectivity index (χ1n) is 6.53. The van der Waals surface area contributed by atoms with Crippen molar-refractivity contribution in [3.05, 3.63) is 40.6 Å². The Morgan fingerprint density at radius 2 is 2.18 bits per heavy atom. The number of hydrogen-bond donors (Lipinski definition) is 2. The van der Waals surface area contributed by atoms with Crippen LogP contribution >= 0.6 is 28.1 Å². The second-order valence-corrected chi connectivity index (χ2v) is 5.55. The molecule has 0 aliphatic rings. The minimum absolute atomic E-state index is 0.174. The normalized spacial score (nSPS) is 10.1. The fourth-order valence-corrected chi connectivity index (χ4v) is 2.48. The minimum Gasteiger partial charge on any atom is -0.495 e. The largest absolute Gasteiger partial charge is 0.495 e. The Morgan fingerprint density at radius 1 is 1.45 bits per heavy atom. The molecular formula is C14H15BrN4O2S. The summed E-state index contributed by atoms with van der Waals surface area (Å²) in [6.45, 7) is 2.62. The molecule has 6 nitrogen and oxygen atoms in total. The van der Waals surface area contributed by atoms with Crippen LogP contribution in [-0.4, -0.2) is 27.9 Å². The van der Waals surface area contributed by atoms with Crippen molar-refractivity contribution in [1.82, 2.24) is 15.1 Å². The number of nitrogens with one attached hydrogen (secondary N) is 2. The highest BCUT2D eigenvalue weighted by Gasteiger charge is 2.16. The number of benzene rings is 1. The van der Waals surface area contributed by atoms with Crippen molar-refractivity contribution in [2.75, 3.05) is 12.4 Å². The van der Waals surface area contributed by atoms with Crippen LogP contribution in [0.3, 0.4) is 0 Å². The molecule has 2 N–H and O–H groups in total. The molecule has 0 saturated carbocycles. The van der Waals surface area contributed by atoms with Crippen molar-refractivity contribution in [1.29, 1.82) is 0 Å². The van der Waals surface area contributed by atoms with Crippen molar-refractivity contribution < 1.29 is 9.53 Å². The monoisotopic (exact) mass is 382 g/mol. The number of aromatic nitrogens is 2. The third-order valence-corrected chi connectivity index (χ3v) is 3.62. The Labute approximate surface area is 142 Å². The van der Waals surface area contributed by atoms with Crippen LogP contribution in [-0.2, 0) is 6.54 Å². The lowest BCUT2D eigenvalue weighted by Crippen LogP contribution is -2.34. The third-order valence-electron chi connectivity index (χ3n) is 2.84. The molecule has 0 unspecified atom stereocenters. The fourth-order valence-electron chi connectivity index (χ4n) is 1.78. The van der Waals surface area contributed by atoms with E-state index in [1.54, 1.807) is 30.1 Å². The predicted octanol–water partition coefficient (Wildman–Crippen LogP) is 2.80. The maximum atomic E-state index is 12.2. The average Bonchev–Trinajstić information content (AvgIpc) is 2.89. The number of hydrogen-bond acceptors (Lipinski definition) is 4. The van der Waals surface area contributed by atoms with E-state index in [1.807, 2.05) is 19.1 Å². The summed E-state index contributed by atoms with van der Waals surface area (Å²) in [4.78, 5) is 12.2. The molecule has 0 atom stereocenters. The van der Waals surface area contributed by atoms with Crippen LogP contribution < -0.4 is 15.4 Å². The van der Waals surface area contributed by atoms with E-state index in [-0.39, 0.29) is 16.7 Å². The van der Waals surface area contributed by atoms with Gasteiger partial charge in [-0.25, -0.2) is 0 Å². The van der Waals surface area contributed by atoms with Crippen molar-refractivity contribution in [3.63, 3.8) is 0 Å². The number of nitrogens with zero attached hydrogens (tertiary/aromatic N) is 2. The van der Waals surface area contributed by atoms with Crippen LogP contribution in [0.5, 0.6) is 5.75 Å². The molecule has 0 radical (unpaired) electrons. The highest BCUT2D eigenvalue weighted by atomic mass is 79.9. The number of methoxy groups -OCH3 is 1. The number of thiocarbonyl (C=S) groups is 1. The van der Waals surface area contributed by atoms with Crippen molar-refractivity contribution >= 4 is 44.9 Å². The second-order valence-electron chi connectivity index (χ2n) is 4.29. The van der Waals surface area contributed by atoms with Gasteiger partial charge < -0.3 is 10.1 Å². The summed E-state index contributed by atoms with van der Waals surface area (Å²) in [5, 5.41) is 9.86. The molecule has 0 fully saturated rings. The number of rotatable bonds is 4. The number of para-hydroxylation sites is 2. The Hall–Kier alpha value is -1.93. The summed E-state index contributed by atoms with van der Waals surface area (Å²) in [7, 11) is 1.57. The van der Waals surface area contributed by atoms with Crippen molar-refractivity contribution in [3.8, 4) is 5.75 Å². The van der Waals surface area contributed by atoms with E-state index in [0.717, 1.165) is 0 Å². The van der Waals surface area contributed by atoms with Gasteiger partial charge in [-0.15, -0.1) is 0 Å². The molecule has 1 aromatic carbocycles. The standard InChI is InChI=1S/C14H15BrN4O2S/c1-3-19-8-9(15)12(18-19)13(20)17-14(22)16-10-6-4-5-7-11(10)21-2/h4-8H,3H2,1-2H3,(H2,16,17,20,22). The number of carbonyl (C=O) groups is 1. The number of ether oxygens (including phenoxy) is 1. The van der Waals surface area contributed by atoms with Gasteiger partial charge in [0.25, 0.3) is 5.91 Å². The lowest BCUT2D eigenvalue weighted by Gasteiger charge is -2.12. The van der Waals surface area contributed by atoms with Gasteiger partial charge in [-0.05, 0) is 47.2 Å². The molecule has 116 valence electrons. The molecule has 0 spiro atoms. The maximum Gasteiger partial charge on any atom is 0.279 e. The van der Waals surface area contributed by atoms with Crippen LogP contribution in [0.1, 0.15) is 17.4 Å². The van der Waals surface area contributed by atoms with Gasteiger partial charge in [0, 0.05) is 12.7 Å². The molecular weight excluding hydrogens is 368 g/mol. The second kappa shape index (κ2) is 7.37. The Morgan fingerprint density at radius 3 is 2.82 bits per heavy atom. The predicted molar refractivity (Wildman–Crippen MR) is 92.3 cm³/mol. The molecule has 2 rings (SSSR count). The van der Waals surface area contributed by atoms with Crippen molar-refractivity contribution in [2.24, 2.45) is 0 Å². The summed E-state index contributed by atoms with van der Waals surface area (Å²) in [6.07, 6.45) is 1.74. The number of halogens is 1. The third kappa shape index (κ3) is 3.83. The number of anilines is 1. The van der Waals surface area contributed by atoms with E-state index in [4.69, 9.17) is 17.0 Å². The van der Waals surface area contributed by atoms with Gasteiger partial charge in [0.1, 0.15) is 5.75 Å². The van der Waals surface area contributed by atoms with E-state index >= 15 is 0 Å². The van der Waals surface area contributed by atoms with E-state index in [9.17, 15) is 4.79 Å². The summed E-state index contributed by atoms with van der Waals surface area (Å²) in [5.74, 6) is 0.252. The summed E-state index contributed by atoms with van der Waals surface area (Å²) >= 11 is 8.46. The molecule has 22 heavy (non-hydrogen) atoms. The van der Waals surface area contributed by atoms with Gasteiger partial charge in [0.2, 0.25) is 0 Å². The highest BCUT2D eigenvalue weighted by Crippen LogP contribution is 2.22. The summed E-state index contributed by atoms with van der Waals surface area (Å²) < 4.78 is 7.49. The fraction of sp³-hybridized carbons (Fsp3) is 0.214. The SMILES string of the molecule is CCn1cc(Br)c(C(=O)NC(=S)Nc2ccccc2OC)n1. The molecule has 1 heterocycles. The zero-order valence-corrected chi connectivity index (χ0v) is 14.5. The van der Waals surface area contributed by atoms with Crippen LogP contribution in [0.4, 0.5) is 5.69 Å². The topological polar surface area (TPSA) is 68.2 Å². The van der Waals surface area contributed by atoms with Gasteiger partial charge in [-0.3, -0.25) is 14.8 Å². The lowest BCUT2D eigenvalue weighted by atomic mass is 10.3. The number of aryl methyl sites for hydroxylation is 1. The maximum absolute atomic E-state index is 12.2. The smallest absolute Gasteiger partial charge is 0.279 e. The number of carbonyl (C=O) groups excluding carboxylic acids is 1. The lowest BCUT2D eigenvalue weighted by molar-refractivity contribution is 0.0971. The molecule has 0 aliphatic heterocycles. The van der Waals surface area contributed by atoms with Gasteiger partial charge >= 0.3 is 0 Å². The Kier molecular flexibility index (Phi) is 5.51. The van der Waals surface area contributed by atoms with Gasteiger partial charge in [-0.1, -0.05) is 12.1 Å². The van der Waals surface area contributed by atoms with Crippen molar-refractivity contribution in [2.45, 2.75) is 13.5 Å². The first-order chi connectivity index (χ1) is 10.5. The molecule has 1 amide bonds. The zero-order chi connectivity index (χ0) is 16.1. The first-order valence-corrected chi connectivity index (χ1v) is 7.73. The van der Waals surface area contributed by atoms with E-state index in [0.29, 0.717) is 22.5 Å². The van der Waals surface area contributed by atoms with E-state index in [2.05, 4.69) is 31.7 Å². The Bertz CT molecular complexity index is 702. The first kappa shape index (κ1) is 16.4. The van der Waals surface area contributed by atoms with E-state index in [1.165, 1.54) is 0 Å². The van der Waals surface area contributed by atoms with Crippen LogP contribution in [0.15, 0.2) is 34.9 Å². The van der Waals surface area contributed by atoms with Crippen LogP contribution in [0.25, 0.3) is 0 Å².